The highest BCUT2D eigenvalue weighted by Gasteiger charge is 2.10. The van der Waals surface area contributed by atoms with Crippen LogP contribution in [-0.2, 0) is 17.5 Å². The third kappa shape index (κ3) is 8.91. The van der Waals surface area contributed by atoms with Gasteiger partial charge in [0, 0.05) is 29.8 Å². The van der Waals surface area contributed by atoms with Gasteiger partial charge in [-0.15, -0.1) is 11.3 Å². The molecule has 32 heavy (non-hydrogen) atoms. The number of aryl methyl sites for hydroxylation is 1. The molecule has 3 aromatic rings. The summed E-state index contributed by atoms with van der Waals surface area (Å²) in [4.78, 5) is 10.6. The highest BCUT2D eigenvalue weighted by molar-refractivity contribution is 7.57. The highest BCUT2D eigenvalue weighted by atomic mass is 32.1. The average Bonchev–Trinajstić information content (AvgIpc) is 3.31. The number of unbranched alkanes of at least 4 members (excludes halogenated alkanes) is 2. The smallest absolute Gasteiger partial charge is 0.197 e. The lowest BCUT2D eigenvalue weighted by atomic mass is 10.1. The van der Waals surface area contributed by atoms with Gasteiger partial charge in [-0.3, -0.25) is 4.57 Å². The first-order valence-electron chi connectivity index (χ1n) is 11.3. The van der Waals surface area contributed by atoms with E-state index in [1.807, 2.05) is 0 Å². The normalized spacial score (nSPS) is 13.1. The van der Waals surface area contributed by atoms with Gasteiger partial charge < -0.3 is 14.9 Å². The summed E-state index contributed by atoms with van der Waals surface area (Å²) < 4.78 is 17.6. The summed E-state index contributed by atoms with van der Waals surface area (Å²) in [5, 5.41) is 5.47. The van der Waals surface area contributed by atoms with Crippen LogP contribution in [0.2, 0.25) is 0 Å². The molecule has 1 aromatic heterocycles. The molecule has 1 heterocycles. The van der Waals surface area contributed by atoms with E-state index < -0.39 is 7.37 Å². The van der Waals surface area contributed by atoms with Gasteiger partial charge in [0.15, 0.2) is 7.37 Å². The molecule has 0 amide bonds. The minimum Gasteiger partial charge on any atom is -0.493 e. The summed E-state index contributed by atoms with van der Waals surface area (Å²) in [5.74, 6) is 0.937. The lowest BCUT2D eigenvalue weighted by Gasteiger charge is -2.13. The topological polar surface area (TPSA) is 58.6 Å². The number of thiophene rings is 1. The molecule has 172 valence electrons. The lowest BCUT2D eigenvalue weighted by Crippen LogP contribution is -2.15. The molecule has 4 nitrogen and oxygen atoms in total. The fourth-order valence-corrected chi connectivity index (χ4v) is 5.09. The van der Waals surface area contributed by atoms with Gasteiger partial charge in [-0.1, -0.05) is 42.5 Å². The maximum absolute atomic E-state index is 11.4. The van der Waals surface area contributed by atoms with Gasteiger partial charge in [-0.2, -0.15) is 0 Å². The van der Waals surface area contributed by atoms with Gasteiger partial charge in [-0.05, 0) is 73.4 Å². The predicted molar refractivity (Wildman–Crippen MR) is 136 cm³/mol. The second kappa shape index (κ2) is 13.0. The van der Waals surface area contributed by atoms with E-state index in [9.17, 15) is 9.46 Å². The maximum atomic E-state index is 11.4. The summed E-state index contributed by atoms with van der Waals surface area (Å²) in [6, 6.07) is 21.2. The van der Waals surface area contributed by atoms with Crippen LogP contribution in [-0.4, -0.2) is 30.9 Å². The zero-order valence-corrected chi connectivity index (χ0v) is 20.5. The monoisotopic (exact) mass is 471 g/mol. The Morgan fingerprint density at radius 2 is 1.81 bits per heavy atom. The van der Waals surface area contributed by atoms with E-state index in [-0.39, 0.29) is 0 Å². The Hall–Kier alpha value is -1.91. The van der Waals surface area contributed by atoms with Crippen molar-refractivity contribution in [1.82, 2.24) is 5.32 Å². The van der Waals surface area contributed by atoms with Crippen LogP contribution in [0.1, 0.15) is 36.8 Å². The molecule has 2 aromatic carbocycles. The average molecular weight is 472 g/mol. The van der Waals surface area contributed by atoms with E-state index >= 15 is 0 Å². The Kier molecular flexibility index (Phi) is 10.0. The molecule has 0 saturated heterocycles. The lowest BCUT2D eigenvalue weighted by molar-refractivity contribution is 0.306. The van der Waals surface area contributed by atoms with E-state index in [0.29, 0.717) is 12.6 Å². The largest absolute Gasteiger partial charge is 0.493 e. The zero-order chi connectivity index (χ0) is 22.7. The first kappa shape index (κ1) is 24.7. The van der Waals surface area contributed by atoms with Gasteiger partial charge in [-0.25, -0.2) is 0 Å². The molecular weight excluding hydrogens is 437 g/mol. The van der Waals surface area contributed by atoms with Crippen LogP contribution < -0.4 is 10.1 Å². The molecule has 2 N–H and O–H groups in total. The number of nitrogens with one attached hydrogen (secondary N) is 1. The molecule has 6 heteroatoms. The predicted octanol–water partition coefficient (Wildman–Crippen LogP) is 6.59. The van der Waals surface area contributed by atoms with Gasteiger partial charge in [0.1, 0.15) is 5.75 Å². The summed E-state index contributed by atoms with van der Waals surface area (Å²) in [6.45, 7) is 3.61. The van der Waals surface area contributed by atoms with Crippen LogP contribution in [0.3, 0.4) is 0 Å². The van der Waals surface area contributed by atoms with Crippen LogP contribution >= 0.6 is 18.7 Å². The Morgan fingerprint density at radius 1 is 0.969 bits per heavy atom. The summed E-state index contributed by atoms with van der Waals surface area (Å²) in [6.07, 6.45) is 5.57. The number of ether oxygens (including phenoxy) is 1. The fourth-order valence-electron chi connectivity index (χ4n) is 3.60. The highest BCUT2D eigenvalue weighted by Crippen LogP contribution is 2.36. The molecule has 3 rings (SSSR count). The molecule has 0 aliphatic heterocycles. The first-order valence-corrected chi connectivity index (χ1v) is 14.5. The SMILES string of the molecule is CP(=O)(O)CCCNCc1ccc(OCCCCCc2ccccc2)c(-c2cccs2)c1. The zero-order valence-electron chi connectivity index (χ0n) is 18.8. The van der Waals surface area contributed by atoms with Crippen LogP contribution in [0, 0.1) is 0 Å². The number of benzene rings is 2. The van der Waals surface area contributed by atoms with E-state index in [1.54, 1.807) is 11.3 Å². The third-order valence-corrected chi connectivity index (χ3v) is 7.35. The molecule has 0 spiro atoms. The maximum Gasteiger partial charge on any atom is 0.197 e. The van der Waals surface area contributed by atoms with E-state index in [0.717, 1.165) is 50.3 Å². The standard InChI is InChI=1S/C26H34NO3PS/c1-31(28,29)18-9-16-27-21-23-14-15-25(24(20-23)26-13-8-19-32-26)30-17-7-3-6-12-22-10-4-2-5-11-22/h2,4-5,8,10-11,13-15,19-20,27H,3,6-7,9,12,16-18,21H2,1H3,(H,28,29). The molecular formula is C26H34NO3PS. The van der Waals surface area contributed by atoms with Crippen molar-refractivity contribution in [2.75, 3.05) is 26.0 Å². The Labute approximate surface area is 196 Å². The number of rotatable bonds is 14. The van der Waals surface area contributed by atoms with Crippen molar-refractivity contribution in [2.45, 2.75) is 38.6 Å². The van der Waals surface area contributed by atoms with Gasteiger partial charge in [0.2, 0.25) is 0 Å². The van der Waals surface area contributed by atoms with Gasteiger partial charge in [0.25, 0.3) is 0 Å². The summed E-state index contributed by atoms with van der Waals surface area (Å²) in [7, 11) is -2.91. The van der Waals surface area contributed by atoms with E-state index in [2.05, 4.69) is 71.4 Å². The van der Waals surface area contributed by atoms with Gasteiger partial charge in [0.05, 0.1) is 6.61 Å². The van der Waals surface area contributed by atoms with Crippen molar-refractivity contribution in [2.24, 2.45) is 0 Å². The molecule has 0 radical (unpaired) electrons. The van der Waals surface area contributed by atoms with Crippen molar-refractivity contribution in [3.8, 4) is 16.2 Å². The first-order chi connectivity index (χ1) is 15.5. The van der Waals surface area contributed by atoms with E-state index in [4.69, 9.17) is 4.74 Å². The summed E-state index contributed by atoms with van der Waals surface area (Å²) in [5.41, 5.74) is 3.72. The van der Waals surface area contributed by atoms with Crippen molar-refractivity contribution in [3.63, 3.8) is 0 Å². The number of hydrogen-bond donors (Lipinski definition) is 2. The Bertz CT molecular complexity index is 970. The number of hydrogen-bond acceptors (Lipinski definition) is 4. The van der Waals surface area contributed by atoms with Crippen molar-refractivity contribution >= 4 is 18.7 Å². The van der Waals surface area contributed by atoms with Crippen molar-refractivity contribution < 1.29 is 14.2 Å². The Morgan fingerprint density at radius 3 is 2.56 bits per heavy atom. The van der Waals surface area contributed by atoms with Crippen molar-refractivity contribution in [3.05, 3.63) is 77.2 Å². The fraction of sp³-hybridized carbons (Fsp3) is 0.385. The molecule has 0 saturated carbocycles. The minimum atomic E-state index is -2.91. The van der Waals surface area contributed by atoms with Crippen molar-refractivity contribution in [1.29, 1.82) is 0 Å². The van der Waals surface area contributed by atoms with Crippen LogP contribution in [0.25, 0.3) is 10.4 Å². The van der Waals surface area contributed by atoms with Crippen LogP contribution in [0.15, 0.2) is 66.0 Å². The molecule has 0 aliphatic carbocycles. The minimum absolute atomic E-state index is 0.360. The summed E-state index contributed by atoms with van der Waals surface area (Å²) >= 11 is 1.72. The molecule has 0 fully saturated rings. The molecule has 0 bridgehead atoms. The second-order valence-electron chi connectivity index (χ2n) is 8.26. The van der Waals surface area contributed by atoms with Gasteiger partial charge >= 0.3 is 0 Å². The quantitative estimate of drug-likeness (QED) is 0.206. The third-order valence-electron chi connectivity index (χ3n) is 5.30. The Balaban J connectivity index is 1.47. The van der Waals surface area contributed by atoms with Crippen LogP contribution in [0.4, 0.5) is 0 Å². The van der Waals surface area contributed by atoms with E-state index in [1.165, 1.54) is 29.1 Å². The molecule has 1 atom stereocenters. The molecule has 0 aliphatic rings. The molecule has 1 unspecified atom stereocenters. The van der Waals surface area contributed by atoms with Crippen LogP contribution in [0.5, 0.6) is 5.75 Å². The second-order valence-corrected chi connectivity index (χ2v) is 11.8.